The Morgan fingerprint density at radius 2 is 1.76 bits per heavy atom. The molecular formula is C16H20Br2N2O. The lowest BCUT2D eigenvalue weighted by atomic mass is 9.88. The van der Waals surface area contributed by atoms with E-state index in [1.165, 1.54) is 12.8 Å². The third-order valence-electron chi connectivity index (χ3n) is 4.60. The number of likely N-dealkylation sites (tertiary alicyclic amines) is 1. The van der Waals surface area contributed by atoms with Gasteiger partial charge < -0.3 is 10.2 Å². The van der Waals surface area contributed by atoms with Crippen LogP contribution in [0.3, 0.4) is 0 Å². The molecule has 3 nitrogen and oxygen atoms in total. The largest absolute Gasteiger partial charge is 0.339 e. The van der Waals surface area contributed by atoms with Crippen molar-refractivity contribution in [3.63, 3.8) is 0 Å². The summed E-state index contributed by atoms with van der Waals surface area (Å²) in [6.07, 6.45) is 4.85. The molecule has 5 heteroatoms. The molecule has 2 fully saturated rings. The van der Waals surface area contributed by atoms with Gasteiger partial charge in [-0.05, 0) is 56.3 Å². The van der Waals surface area contributed by atoms with E-state index in [4.69, 9.17) is 0 Å². The van der Waals surface area contributed by atoms with Gasteiger partial charge in [-0.3, -0.25) is 4.79 Å². The minimum absolute atomic E-state index is 0.148. The smallest absolute Gasteiger partial charge is 0.253 e. The van der Waals surface area contributed by atoms with Gasteiger partial charge in [0.1, 0.15) is 0 Å². The zero-order valence-electron chi connectivity index (χ0n) is 11.9. The second-order valence-electron chi connectivity index (χ2n) is 5.99. The highest BCUT2D eigenvalue weighted by atomic mass is 79.9. The predicted octanol–water partition coefficient (Wildman–Crippen LogP) is 3.82. The quantitative estimate of drug-likeness (QED) is 0.796. The molecule has 21 heavy (non-hydrogen) atoms. The number of halogens is 2. The van der Waals surface area contributed by atoms with Crippen LogP contribution < -0.4 is 5.32 Å². The molecule has 2 aliphatic heterocycles. The maximum absolute atomic E-state index is 12.6. The van der Waals surface area contributed by atoms with Crippen molar-refractivity contribution >= 4 is 37.8 Å². The number of carbonyl (C=O) groups is 1. The van der Waals surface area contributed by atoms with Crippen molar-refractivity contribution in [3.8, 4) is 0 Å². The van der Waals surface area contributed by atoms with E-state index in [-0.39, 0.29) is 5.91 Å². The van der Waals surface area contributed by atoms with Crippen LogP contribution in [-0.4, -0.2) is 36.5 Å². The Morgan fingerprint density at radius 3 is 2.33 bits per heavy atom. The number of piperidine rings is 1. The summed E-state index contributed by atoms with van der Waals surface area (Å²) in [5.74, 6) is 0.889. The first-order valence-electron chi connectivity index (χ1n) is 7.62. The Labute approximate surface area is 142 Å². The van der Waals surface area contributed by atoms with Gasteiger partial charge in [0.25, 0.3) is 5.91 Å². The first kappa shape index (κ1) is 15.5. The van der Waals surface area contributed by atoms with Crippen molar-refractivity contribution in [2.45, 2.75) is 31.7 Å². The average Bonchev–Trinajstić information content (AvgIpc) is 3.00. The summed E-state index contributed by atoms with van der Waals surface area (Å²) in [5, 5.41) is 3.60. The van der Waals surface area contributed by atoms with Crippen molar-refractivity contribution in [1.29, 1.82) is 0 Å². The molecule has 0 bridgehead atoms. The molecule has 1 atom stereocenters. The number of carbonyl (C=O) groups excluding carboxylic acids is 1. The number of nitrogens with one attached hydrogen (secondary N) is 1. The van der Waals surface area contributed by atoms with Crippen LogP contribution in [-0.2, 0) is 0 Å². The molecule has 0 saturated carbocycles. The molecule has 0 radical (unpaired) electrons. The number of hydrogen-bond donors (Lipinski definition) is 1. The molecule has 1 unspecified atom stereocenters. The summed E-state index contributed by atoms with van der Waals surface area (Å²) in [4.78, 5) is 14.6. The monoisotopic (exact) mass is 414 g/mol. The van der Waals surface area contributed by atoms with Gasteiger partial charge in [-0.25, -0.2) is 0 Å². The van der Waals surface area contributed by atoms with Gasteiger partial charge in [0, 0.05) is 33.6 Å². The van der Waals surface area contributed by atoms with Crippen LogP contribution in [0.25, 0.3) is 0 Å². The number of amides is 1. The maximum Gasteiger partial charge on any atom is 0.253 e. The molecule has 1 N–H and O–H groups in total. The molecule has 1 aromatic carbocycles. The number of rotatable bonds is 2. The number of benzene rings is 1. The molecule has 3 rings (SSSR count). The zero-order valence-corrected chi connectivity index (χ0v) is 15.1. The van der Waals surface area contributed by atoms with Crippen molar-refractivity contribution in [1.82, 2.24) is 10.2 Å². The lowest BCUT2D eigenvalue weighted by molar-refractivity contribution is 0.0674. The number of nitrogens with zero attached hydrogens (tertiary/aromatic N) is 1. The van der Waals surface area contributed by atoms with E-state index in [1.807, 2.05) is 23.1 Å². The van der Waals surface area contributed by atoms with Crippen LogP contribution in [0.2, 0.25) is 0 Å². The summed E-state index contributed by atoms with van der Waals surface area (Å²) >= 11 is 6.90. The van der Waals surface area contributed by atoms with Crippen molar-refractivity contribution in [2.24, 2.45) is 5.92 Å². The maximum atomic E-state index is 12.6. The Kier molecular flexibility index (Phi) is 5.02. The van der Waals surface area contributed by atoms with Gasteiger partial charge in [-0.1, -0.05) is 31.9 Å². The third-order valence-corrected chi connectivity index (χ3v) is 5.52. The molecule has 2 saturated heterocycles. The van der Waals surface area contributed by atoms with E-state index in [9.17, 15) is 4.79 Å². The molecule has 0 aromatic heterocycles. The SMILES string of the molecule is O=C(c1cc(Br)cc(Br)c1)N1CCC(C2CCCN2)CC1. The second-order valence-corrected chi connectivity index (χ2v) is 7.82. The highest BCUT2D eigenvalue weighted by Crippen LogP contribution is 2.27. The molecule has 2 heterocycles. The topological polar surface area (TPSA) is 32.3 Å². The fourth-order valence-electron chi connectivity index (χ4n) is 3.48. The van der Waals surface area contributed by atoms with Crippen LogP contribution in [0.1, 0.15) is 36.0 Å². The van der Waals surface area contributed by atoms with Gasteiger partial charge in [0.2, 0.25) is 0 Å². The van der Waals surface area contributed by atoms with Gasteiger partial charge in [-0.15, -0.1) is 0 Å². The zero-order chi connectivity index (χ0) is 14.8. The Bertz CT molecular complexity index is 501. The van der Waals surface area contributed by atoms with Gasteiger partial charge in [0.05, 0.1) is 0 Å². The van der Waals surface area contributed by atoms with E-state index in [2.05, 4.69) is 37.2 Å². The molecular weight excluding hydrogens is 396 g/mol. The lowest BCUT2D eigenvalue weighted by Gasteiger charge is -2.35. The third kappa shape index (κ3) is 3.69. The van der Waals surface area contributed by atoms with Gasteiger partial charge in [0.15, 0.2) is 0 Å². The Balaban J connectivity index is 1.62. The molecule has 114 valence electrons. The second kappa shape index (κ2) is 6.80. The first-order chi connectivity index (χ1) is 10.1. The first-order valence-corrected chi connectivity index (χ1v) is 9.21. The minimum Gasteiger partial charge on any atom is -0.339 e. The van der Waals surface area contributed by atoms with Crippen LogP contribution in [0.4, 0.5) is 0 Å². The normalized spacial score (nSPS) is 23.5. The van der Waals surface area contributed by atoms with Gasteiger partial charge in [-0.2, -0.15) is 0 Å². The standard InChI is InChI=1S/C16H20Br2N2O/c17-13-8-12(9-14(18)10-13)16(21)20-6-3-11(4-7-20)15-2-1-5-19-15/h8-11,15,19H,1-7H2. The van der Waals surface area contributed by atoms with Crippen molar-refractivity contribution in [3.05, 3.63) is 32.7 Å². The molecule has 0 aliphatic carbocycles. The predicted molar refractivity (Wildman–Crippen MR) is 91.5 cm³/mol. The van der Waals surface area contributed by atoms with Crippen LogP contribution in [0.5, 0.6) is 0 Å². The van der Waals surface area contributed by atoms with E-state index in [0.29, 0.717) is 6.04 Å². The Hall–Kier alpha value is -0.390. The summed E-state index contributed by atoms with van der Waals surface area (Å²) < 4.78 is 1.87. The van der Waals surface area contributed by atoms with Crippen LogP contribution >= 0.6 is 31.9 Å². The molecule has 2 aliphatic rings. The average molecular weight is 416 g/mol. The molecule has 1 aromatic rings. The van der Waals surface area contributed by atoms with E-state index in [1.54, 1.807) is 0 Å². The van der Waals surface area contributed by atoms with E-state index in [0.717, 1.165) is 52.9 Å². The highest BCUT2D eigenvalue weighted by Gasteiger charge is 2.30. The minimum atomic E-state index is 0.148. The number of hydrogen-bond acceptors (Lipinski definition) is 2. The fraction of sp³-hybridized carbons (Fsp3) is 0.562. The van der Waals surface area contributed by atoms with Gasteiger partial charge >= 0.3 is 0 Å². The van der Waals surface area contributed by atoms with Crippen molar-refractivity contribution < 1.29 is 4.79 Å². The highest BCUT2D eigenvalue weighted by molar-refractivity contribution is 9.11. The molecule has 0 spiro atoms. The van der Waals surface area contributed by atoms with E-state index >= 15 is 0 Å². The summed E-state index contributed by atoms with van der Waals surface area (Å²) in [6, 6.07) is 6.44. The summed E-state index contributed by atoms with van der Waals surface area (Å²) in [5.41, 5.74) is 0.758. The summed E-state index contributed by atoms with van der Waals surface area (Å²) in [7, 11) is 0. The van der Waals surface area contributed by atoms with E-state index < -0.39 is 0 Å². The Morgan fingerprint density at radius 1 is 1.10 bits per heavy atom. The van der Waals surface area contributed by atoms with Crippen LogP contribution in [0.15, 0.2) is 27.1 Å². The van der Waals surface area contributed by atoms with Crippen molar-refractivity contribution in [2.75, 3.05) is 19.6 Å². The lowest BCUT2D eigenvalue weighted by Crippen LogP contribution is -2.43. The summed E-state index contributed by atoms with van der Waals surface area (Å²) in [6.45, 7) is 2.92. The fourth-order valence-corrected chi connectivity index (χ4v) is 4.77. The van der Waals surface area contributed by atoms with Crippen LogP contribution in [0, 0.1) is 5.92 Å². The molecule has 1 amide bonds.